The van der Waals surface area contributed by atoms with Crippen molar-refractivity contribution in [3.8, 4) is 0 Å². The maximum atomic E-state index is 5.61. The highest BCUT2D eigenvalue weighted by Crippen LogP contribution is 2.17. The molecule has 66 valence electrons. The van der Waals surface area contributed by atoms with Gasteiger partial charge in [-0.15, -0.1) is 0 Å². The summed E-state index contributed by atoms with van der Waals surface area (Å²) in [7, 11) is 0. The zero-order valence-electron chi connectivity index (χ0n) is 7.53. The second-order valence-electron chi connectivity index (χ2n) is 3.23. The second-order valence-corrected chi connectivity index (χ2v) is 3.23. The first-order valence-electron chi connectivity index (χ1n) is 4.55. The van der Waals surface area contributed by atoms with Crippen molar-refractivity contribution in [1.29, 1.82) is 0 Å². The zero-order valence-corrected chi connectivity index (χ0v) is 7.53. The third-order valence-electron chi connectivity index (χ3n) is 2.30. The average molecular weight is 171 g/mol. The van der Waals surface area contributed by atoms with E-state index in [1.165, 1.54) is 16.7 Å². The lowest BCUT2D eigenvalue weighted by molar-refractivity contribution is 1.20. The molecule has 0 fully saturated rings. The Kier molecular flexibility index (Phi) is 2.28. The Hall–Kier alpha value is -1.34. The Labute approximate surface area is 78.6 Å². The molecule has 1 aliphatic rings. The Morgan fingerprint density at radius 2 is 2.08 bits per heavy atom. The number of rotatable bonds is 1. The number of hydrogen-bond donors (Lipinski definition) is 1. The molecule has 1 aliphatic carbocycles. The third-order valence-corrected chi connectivity index (χ3v) is 2.30. The molecule has 1 aromatic rings. The Morgan fingerprint density at radius 3 is 2.92 bits per heavy atom. The van der Waals surface area contributed by atoms with E-state index in [1.54, 1.807) is 0 Å². The number of nitrogens with two attached hydrogens (primary N) is 1. The Morgan fingerprint density at radius 1 is 1.23 bits per heavy atom. The fraction of sp³-hybridized carbons (Fsp3) is 0.167. The minimum Gasteiger partial charge on any atom is -0.326 e. The van der Waals surface area contributed by atoms with E-state index >= 15 is 0 Å². The molecule has 0 heterocycles. The predicted molar refractivity (Wildman–Crippen MR) is 56.3 cm³/mol. The number of benzene rings is 1. The van der Waals surface area contributed by atoms with Gasteiger partial charge in [-0.1, -0.05) is 42.5 Å². The molecule has 0 unspecified atom stereocenters. The molecule has 2 rings (SSSR count). The van der Waals surface area contributed by atoms with E-state index in [9.17, 15) is 0 Å². The van der Waals surface area contributed by atoms with Gasteiger partial charge in [0.15, 0.2) is 0 Å². The van der Waals surface area contributed by atoms with Gasteiger partial charge in [-0.2, -0.15) is 0 Å². The van der Waals surface area contributed by atoms with Crippen LogP contribution in [0.5, 0.6) is 0 Å². The molecule has 1 heteroatoms. The van der Waals surface area contributed by atoms with Gasteiger partial charge in [0.25, 0.3) is 0 Å². The summed E-state index contributed by atoms with van der Waals surface area (Å²) in [5.41, 5.74) is 9.49. The first-order valence-corrected chi connectivity index (χ1v) is 4.55. The van der Waals surface area contributed by atoms with Crippen LogP contribution in [0.4, 0.5) is 0 Å². The molecule has 1 aromatic carbocycles. The fourth-order valence-electron chi connectivity index (χ4n) is 1.57. The first kappa shape index (κ1) is 8.27. The van der Waals surface area contributed by atoms with E-state index in [0.29, 0.717) is 6.54 Å². The van der Waals surface area contributed by atoms with Crippen molar-refractivity contribution in [2.24, 2.45) is 5.73 Å². The van der Waals surface area contributed by atoms with Gasteiger partial charge in [-0.3, -0.25) is 0 Å². The summed E-state index contributed by atoms with van der Waals surface area (Å²) in [5, 5.41) is 0. The molecule has 0 bridgehead atoms. The van der Waals surface area contributed by atoms with Crippen molar-refractivity contribution in [3.63, 3.8) is 0 Å². The van der Waals surface area contributed by atoms with Gasteiger partial charge in [-0.05, 0) is 23.1 Å². The number of allylic oxidation sites excluding steroid dienone is 1. The van der Waals surface area contributed by atoms with Crippen LogP contribution < -0.4 is 5.73 Å². The van der Waals surface area contributed by atoms with Crippen molar-refractivity contribution in [3.05, 3.63) is 53.1 Å². The van der Waals surface area contributed by atoms with Crippen LogP contribution in [0, 0.1) is 0 Å². The zero-order chi connectivity index (χ0) is 9.10. The summed E-state index contributed by atoms with van der Waals surface area (Å²) in [6.07, 6.45) is 7.46. The van der Waals surface area contributed by atoms with E-state index in [-0.39, 0.29) is 0 Å². The predicted octanol–water partition coefficient (Wildman–Crippen LogP) is 2.14. The highest BCUT2D eigenvalue weighted by Gasteiger charge is 2.01. The molecular formula is C12H13N. The lowest BCUT2D eigenvalue weighted by atomic mass is 10.1. The maximum absolute atomic E-state index is 5.61. The minimum atomic E-state index is 0.616. The van der Waals surface area contributed by atoms with Crippen LogP contribution >= 0.6 is 0 Å². The largest absolute Gasteiger partial charge is 0.326 e. The van der Waals surface area contributed by atoms with Crippen LogP contribution in [0.2, 0.25) is 0 Å². The average Bonchev–Trinajstić information content (AvgIpc) is 2.38. The molecule has 0 aliphatic heterocycles. The lowest BCUT2D eigenvalue weighted by Gasteiger charge is -2.00. The van der Waals surface area contributed by atoms with Crippen LogP contribution in [0.3, 0.4) is 0 Å². The molecule has 2 N–H and O–H groups in total. The van der Waals surface area contributed by atoms with Crippen LogP contribution in [0.25, 0.3) is 6.08 Å². The highest BCUT2D eigenvalue weighted by molar-refractivity contribution is 5.61. The molecular weight excluding hydrogens is 158 g/mol. The van der Waals surface area contributed by atoms with E-state index in [0.717, 1.165) is 6.42 Å². The van der Waals surface area contributed by atoms with Gasteiger partial charge in [-0.25, -0.2) is 0 Å². The van der Waals surface area contributed by atoms with Crippen molar-refractivity contribution >= 4 is 6.08 Å². The normalized spacial score (nSPS) is 14.7. The van der Waals surface area contributed by atoms with Crippen molar-refractivity contribution in [1.82, 2.24) is 0 Å². The van der Waals surface area contributed by atoms with Gasteiger partial charge < -0.3 is 5.73 Å². The summed E-state index contributed by atoms with van der Waals surface area (Å²) >= 11 is 0. The first-order chi connectivity index (χ1) is 6.40. The number of fused-ring (bicyclic) bond motifs is 1. The van der Waals surface area contributed by atoms with Crippen molar-refractivity contribution in [2.75, 3.05) is 6.54 Å². The molecule has 13 heavy (non-hydrogen) atoms. The van der Waals surface area contributed by atoms with Crippen LogP contribution in [-0.2, 0) is 6.42 Å². The summed E-state index contributed by atoms with van der Waals surface area (Å²) < 4.78 is 0. The van der Waals surface area contributed by atoms with Crippen LogP contribution in [0.1, 0.15) is 11.1 Å². The molecule has 0 saturated heterocycles. The van der Waals surface area contributed by atoms with E-state index < -0.39 is 0 Å². The summed E-state index contributed by atoms with van der Waals surface area (Å²) in [5.74, 6) is 0. The molecule has 0 amide bonds. The highest BCUT2D eigenvalue weighted by atomic mass is 14.5. The van der Waals surface area contributed by atoms with Crippen LogP contribution in [0.15, 0.2) is 42.0 Å². The molecule has 1 nitrogen and oxygen atoms in total. The van der Waals surface area contributed by atoms with E-state index in [4.69, 9.17) is 5.73 Å². The Balaban J connectivity index is 2.47. The Bertz CT molecular complexity index is 361. The summed E-state index contributed by atoms with van der Waals surface area (Å²) in [4.78, 5) is 0. The van der Waals surface area contributed by atoms with Gasteiger partial charge >= 0.3 is 0 Å². The number of hydrogen-bond acceptors (Lipinski definition) is 1. The van der Waals surface area contributed by atoms with Crippen molar-refractivity contribution < 1.29 is 0 Å². The molecule has 0 aromatic heterocycles. The van der Waals surface area contributed by atoms with E-state index in [2.05, 4.69) is 42.5 Å². The lowest BCUT2D eigenvalue weighted by Crippen LogP contribution is -2.00. The maximum Gasteiger partial charge on any atom is 0.0178 e. The SMILES string of the molecule is NCC1=Cc2ccccc2CC=C1. The van der Waals surface area contributed by atoms with Gasteiger partial charge in [0.1, 0.15) is 0 Å². The molecule has 0 atom stereocenters. The second kappa shape index (κ2) is 3.58. The standard InChI is InChI=1S/C12H13N/c13-9-10-4-3-7-11-5-1-2-6-12(11)8-10/h1-6,8H,7,9,13H2. The molecule has 0 radical (unpaired) electrons. The fourth-order valence-corrected chi connectivity index (χ4v) is 1.57. The smallest absolute Gasteiger partial charge is 0.0178 e. The van der Waals surface area contributed by atoms with Gasteiger partial charge in [0, 0.05) is 6.54 Å². The topological polar surface area (TPSA) is 26.0 Å². The molecule has 0 saturated carbocycles. The van der Waals surface area contributed by atoms with Crippen molar-refractivity contribution in [2.45, 2.75) is 6.42 Å². The summed E-state index contributed by atoms with van der Waals surface area (Å²) in [6.45, 7) is 0.616. The van der Waals surface area contributed by atoms with Gasteiger partial charge in [0.2, 0.25) is 0 Å². The van der Waals surface area contributed by atoms with E-state index in [1.807, 2.05) is 0 Å². The van der Waals surface area contributed by atoms with Crippen LogP contribution in [-0.4, -0.2) is 6.54 Å². The molecule has 0 spiro atoms. The quantitative estimate of drug-likeness (QED) is 0.688. The monoisotopic (exact) mass is 171 g/mol. The third kappa shape index (κ3) is 1.70. The minimum absolute atomic E-state index is 0.616. The van der Waals surface area contributed by atoms with Gasteiger partial charge in [0.05, 0.1) is 0 Å². The summed E-state index contributed by atoms with van der Waals surface area (Å²) in [6, 6.07) is 8.44.